The molecule has 0 aliphatic rings. The Morgan fingerprint density at radius 3 is 1.72 bits per heavy atom. The van der Waals surface area contributed by atoms with Gasteiger partial charge in [0, 0.05) is 26.3 Å². The van der Waals surface area contributed by atoms with Crippen LogP contribution in [0.5, 0.6) is 0 Å². The molecule has 8 aromatic rings. The topological polar surface area (TPSA) is 12.9 Å². The number of hydrogen-bond donors (Lipinski definition) is 0. The Kier molecular flexibility index (Phi) is 7.17. The molecule has 1 heterocycles. The minimum absolute atomic E-state index is 0. The fourth-order valence-electron chi connectivity index (χ4n) is 6.33. The largest absolute Gasteiger partial charge is 0.305 e. The number of nitrogens with zero attached hydrogens (tertiary/aromatic N) is 1. The minimum Gasteiger partial charge on any atom is -0.305 e. The van der Waals surface area contributed by atoms with Crippen molar-refractivity contribution in [2.75, 3.05) is 0 Å². The first-order chi connectivity index (χ1) is 20.8. The van der Waals surface area contributed by atoms with E-state index in [1.165, 1.54) is 60.1 Å². The van der Waals surface area contributed by atoms with Gasteiger partial charge in [-0.3, -0.25) is 0 Å². The molecule has 205 valence electrons. The molecule has 0 unspecified atom stereocenters. The first-order valence-corrected chi connectivity index (χ1v) is 14.3. The Hall–Kier alpha value is -4.88. The summed E-state index contributed by atoms with van der Waals surface area (Å²) >= 11 is 0. The van der Waals surface area contributed by atoms with Crippen molar-refractivity contribution in [1.82, 2.24) is 4.98 Å². The van der Waals surface area contributed by atoms with Crippen LogP contribution in [0.4, 0.5) is 0 Å². The number of hydrogen-bond acceptors (Lipinski definition) is 1. The van der Waals surface area contributed by atoms with E-state index < -0.39 is 0 Å². The van der Waals surface area contributed by atoms with E-state index >= 15 is 0 Å². The van der Waals surface area contributed by atoms with Gasteiger partial charge < -0.3 is 4.98 Å². The van der Waals surface area contributed by atoms with Crippen LogP contribution >= 0.6 is 0 Å². The monoisotopic (exact) mass is 725 g/mol. The molecule has 0 bridgehead atoms. The first kappa shape index (κ1) is 27.0. The second-order valence-electron chi connectivity index (χ2n) is 10.6. The van der Waals surface area contributed by atoms with Gasteiger partial charge in [0.2, 0.25) is 0 Å². The van der Waals surface area contributed by atoms with Crippen LogP contribution in [0.25, 0.3) is 77.0 Å². The van der Waals surface area contributed by atoms with E-state index in [-0.39, 0.29) is 20.1 Å². The molecule has 43 heavy (non-hydrogen) atoms. The third kappa shape index (κ3) is 4.76. The molecular weight excluding hydrogens is 699 g/mol. The van der Waals surface area contributed by atoms with E-state index in [4.69, 9.17) is 0 Å². The van der Waals surface area contributed by atoms with Gasteiger partial charge in [-0.15, -0.1) is 35.4 Å². The van der Waals surface area contributed by atoms with Crippen LogP contribution < -0.4 is 0 Å². The Labute approximate surface area is 264 Å². The molecule has 2 heteroatoms. The molecule has 0 fully saturated rings. The van der Waals surface area contributed by atoms with Gasteiger partial charge in [-0.1, -0.05) is 127 Å². The standard InChI is InChI=1S/C41H26N.Ir/c1-3-17-32-28(11-1)13-8-20-35(32)37-24-25-39(36-21-9-14-29-12-2-4-18-33(29)36)41-34(19-10-22-38(37)41)30-15-7-16-31(27-30)40-23-5-6-26-42-40;/h1-15,17-27H;/q-1;. The van der Waals surface area contributed by atoms with Gasteiger partial charge in [-0.25, -0.2) is 0 Å². The van der Waals surface area contributed by atoms with E-state index in [0.717, 1.165) is 16.8 Å². The van der Waals surface area contributed by atoms with Crippen molar-refractivity contribution in [3.05, 3.63) is 164 Å². The van der Waals surface area contributed by atoms with Crippen LogP contribution in [0.2, 0.25) is 0 Å². The molecular formula is C41H26IrN-. The first-order valence-electron chi connectivity index (χ1n) is 14.3. The van der Waals surface area contributed by atoms with Crippen molar-refractivity contribution >= 4 is 32.3 Å². The van der Waals surface area contributed by atoms with Crippen LogP contribution in [-0.2, 0) is 20.1 Å². The smallest absolute Gasteiger partial charge is 0.0160 e. The number of benzene rings is 7. The fourth-order valence-corrected chi connectivity index (χ4v) is 6.33. The molecule has 0 N–H and O–H groups in total. The predicted molar refractivity (Wildman–Crippen MR) is 177 cm³/mol. The van der Waals surface area contributed by atoms with Crippen LogP contribution in [-0.4, -0.2) is 4.98 Å². The minimum atomic E-state index is 0. The van der Waals surface area contributed by atoms with Crippen molar-refractivity contribution < 1.29 is 20.1 Å². The maximum absolute atomic E-state index is 4.60. The Morgan fingerprint density at radius 2 is 1.00 bits per heavy atom. The summed E-state index contributed by atoms with van der Waals surface area (Å²) in [6.07, 6.45) is 1.84. The summed E-state index contributed by atoms with van der Waals surface area (Å²) in [5, 5.41) is 7.49. The molecule has 0 saturated heterocycles. The summed E-state index contributed by atoms with van der Waals surface area (Å²) in [4.78, 5) is 4.60. The van der Waals surface area contributed by atoms with Crippen molar-refractivity contribution in [3.8, 4) is 44.6 Å². The van der Waals surface area contributed by atoms with Gasteiger partial charge in [0.25, 0.3) is 0 Å². The zero-order valence-corrected chi connectivity index (χ0v) is 25.7. The maximum Gasteiger partial charge on any atom is 0.0160 e. The van der Waals surface area contributed by atoms with Crippen molar-refractivity contribution in [1.29, 1.82) is 0 Å². The summed E-state index contributed by atoms with van der Waals surface area (Å²) in [5.74, 6) is 0. The third-order valence-electron chi connectivity index (χ3n) is 8.25. The summed E-state index contributed by atoms with van der Waals surface area (Å²) in [7, 11) is 0. The van der Waals surface area contributed by atoms with Gasteiger partial charge in [0.05, 0.1) is 0 Å². The van der Waals surface area contributed by atoms with Gasteiger partial charge in [0.15, 0.2) is 0 Å². The Morgan fingerprint density at radius 1 is 0.442 bits per heavy atom. The summed E-state index contributed by atoms with van der Waals surface area (Å²) < 4.78 is 0. The number of pyridine rings is 1. The molecule has 0 saturated carbocycles. The maximum atomic E-state index is 4.60. The normalized spacial score (nSPS) is 11.1. The number of fused-ring (bicyclic) bond motifs is 3. The zero-order chi connectivity index (χ0) is 27.9. The second-order valence-corrected chi connectivity index (χ2v) is 10.6. The van der Waals surface area contributed by atoms with E-state index in [1.54, 1.807) is 0 Å². The van der Waals surface area contributed by atoms with Crippen LogP contribution in [0.1, 0.15) is 0 Å². The average Bonchev–Trinajstić information content (AvgIpc) is 3.07. The molecule has 1 nitrogen and oxygen atoms in total. The Balaban J connectivity index is 0.00000300. The molecule has 0 aliphatic carbocycles. The summed E-state index contributed by atoms with van der Waals surface area (Å²) in [6.45, 7) is 0. The molecule has 8 rings (SSSR count). The number of aromatic nitrogens is 1. The number of rotatable bonds is 4. The molecule has 1 aromatic heterocycles. The molecule has 7 aromatic carbocycles. The summed E-state index contributed by atoms with van der Waals surface area (Å²) in [5.41, 5.74) is 9.21. The van der Waals surface area contributed by atoms with Crippen molar-refractivity contribution in [2.24, 2.45) is 0 Å². The molecule has 0 amide bonds. The quantitative estimate of drug-likeness (QED) is 0.165. The fraction of sp³-hybridized carbons (Fsp3) is 0. The Bertz CT molecular complexity index is 2240. The van der Waals surface area contributed by atoms with Crippen molar-refractivity contribution in [3.63, 3.8) is 0 Å². The SMILES string of the molecule is [Ir].[c-]1ccc(-c2cccc3c(-c4cccc5ccccc45)ccc(-c4cccc5ccccc45)c23)cc1-c1ccccn1. The van der Waals surface area contributed by atoms with Gasteiger partial charge in [-0.2, -0.15) is 0 Å². The van der Waals surface area contributed by atoms with Crippen molar-refractivity contribution in [2.45, 2.75) is 0 Å². The van der Waals surface area contributed by atoms with E-state index in [9.17, 15) is 0 Å². The van der Waals surface area contributed by atoms with Crippen LogP contribution in [0.15, 0.2) is 158 Å². The van der Waals surface area contributed by atoms with E-state index in [0.29, 0.717) is 0 Å². The van der Waals surface area contributed by atoms with Gasteiger partial charge >= 0.3 is 0 Å². The predicted octanol–water partition coefficient (Wildman–Crippen LogP) is 11.0. The van der Waals surface area contributed by atoms with Gasteiger partial charge in [0.1, 0.15) is 0 Å². The summed E-state index contributed by atoms with van der Waals surface area (Å²) in [6, 6.07) is 57.7. The zero-order valence-electron chi connectivity index (χ0n) is 23.3. The molecule has 0 spiro atoms. The third-order valence-corrected chi connectivity index (χ3v) is 8.25. The van der Waals surface area contributed by atoms with Crippen LogP contribution in [0.3, 0.4) is 0 Å². The molecule has 0 aliphatic heterocycles. The van der Waals surface area contributed by atoms with Gasteiger partial charge in [-0.05, 0) is 71.9 Å². The molecule has 0 atom stereocenters. The second kappa shape index (κ2) is 11.4. The molecule has 1 radical (unpaired) electrons. The van der Waals surface area contributed by atoms with E-state index in [2.05, 4.69) is 138 Å². The average molecular weight is 725 g/mol. The van der Waals surface area contributed by atoms with Crippen LogP contribution in [0, 0.1) is 6.07 Å². The van der Waals surface area contributed by atoms with E-state index in [1.807, 2.05) is 30.5 Å².